The van der Waals surface area contributed by atoms with Gasteiger partial charge in [-0.15, -0.1) is 0 Å². The fourth-order valence-electron chi connectivity index (χ4n) is 3.14. The number of halogens is 1. The summed E-state index contributed by atoms with van der Waals surface area (Å²) < 4.78 is 0. The van der Waals surface area contributed by atoms with Gasteiger partial charge >= 0.3 is 0 Å². The molecule has 0 aliphatic carbocycles. The van der Waals surface area contributed by atoms with Gasteiger partial charge in [0.2, 0.25) is 5.91 Å². The number of nitrogens with one attached hydrogen (secondary N) is 2. The number of pyridine rings is 2. The van der Waals surface area contributed by atoms with Gasteiger partial charge in [-0.3, -0.25) is 9.78 Å². The van der Waals surface area contributed by atoms with E-state index in [1.807, 2.05) is 23.2 Å². The minimum absolute atomic E-state index is 0.153. The molecule has 1 amide bonds. The zero-order valence-electron chi connectivity index (χ0n) is 14.7. The van der Waals surface area contributed by atoms with Crippen LogP contribution in [0.4, 0.5) is 0 Å². The first-order chi connectivity index (χ1) is 12.6. The highest BCUT2D eigenvalue weighted by Gasteiger charge is 2.20. The van der Waals surface area contributed by atoms with Gasteiger partial charge in [0.25, 0.3) is 0 Å². The van der Waals surface area contributed by atoms with Crippen molar-refractivity contribution in [3.05, 3.63) is 41.3 Å². The number of allylic oxidation sites excluding steroid dienone is 1. The van der Waals surface area contributed by atoms with Crippen molar-refractivity contribution < 1.29 is 4.79 Å². The molecule has 2 aromatic heterocycles. The van der Waals surface area contributed by atoms with Gasteiger partial charge in [-0.1, -0.05) is 11.6 Å². The Morgan fingerprint density at radius 2 is 2.15 bits per heavy atom. The summed E-state index contributed by atoms with van der Waals surface area (Å²) in [5.74, 6) is 0.684. The van der Waals surface area contributed by atoms with Crippen LogP contribution in [0.2, 0.25) is 5.15 Å². The molecule has 0 radical (unpaired) electrons. The number of carbonyl (C=O) groups excluding carboxylic acids is 1. The van der Waals surface area contributed by atoms with Crippen molar-refractivity contribution >= 4 is 40.3 Å². The Kier molecular flexibility index (Phi) is 5.83. The van der Waals surface area contributed by atoms with E-state index < -0.39 is 0 Å². The van der Waals surface area contributed by atoms with E-state index in [1.54, 1.807) is 19.2 Å². The monoisotopic (exact) mass is 371 g/mol. The molecular formula is C19H22ClN5O. The van der Waals surface area contributed by atoms with Crippen LogP contribution >= 0.6 is 11.6 Å². The number of rotatable bonds is 5. The predicted molar refractivity (Wildman–Crippen MR) is 104 cm³/mol. The quantitative estimate of drug-likeness (QED) is 0.625. The molecule has 0 unspecified atom stereocenters. The first kappa shape index (κ1) is 18.3. The summed E-state index contributed by atoms with van der Waals surface area (Å²) in [4.78, 5) is 21.9. The first-order valence-corrected chi connectivity index (χ1v) is 9.07. The molecule has 1 aliphatic heterocycles. The Balaban J connectivity index is 1.63. The third-order valence-corrected chi connectivity index (χ3v) is 4.93. The zero-order chi connectivity index (χ0) is 18.5. The second-order valence-electron chi connectivity index (χ2n) is 6.50. The van der Waals surface area contributed by atoms with Crippen LogP contribution in [-0.2, 0) is 4.79 Å². The lowest BCUT2D eigenvalue weighted by atomic mass is 9.97. The second-order valence-corrected chi connectivity index (χ2v) is 6.89. The van der Waals surface area contributed by atoms with Crippen LogP contribution in [0.15, 0.2) is 30.6 Å². The van der Waals surface area contributed by atoms with E-state index in [-0.39, 0.29) is 5.91 Å². The lowest BCUT2D eigenvalue weighted by molar-refractivity contribution is -0.130. The zero-order valence-corrected chi connectivity index (χ0v) is 15.5. The molecule has 2 N–H and O–H groups in total. The minimum Gasteiger partial charge on any atom is -0.390 e. The van der Waals surface area contributed by atoms with Crippen molar-refractivity contribution in [2.45, 2.75) is 19.8 Å². The van der Waals surface area contributed by atoms with E-state index >= 15 is 0 Å². The van der Waals surface area contributed by atoms with E-state index in [0.717, 1.165) is 49.1 Å². The smallest absolute Gasteiger partial charge is 0.219 e. The van der Waals surface area contributed by atoms with E-state index in [1.165, 1.54) is 6.21 Å². The van der Waals surface area contributed by atoms with Crippen LogP contribution in [0.5, 0.6) is 0 Å². The van der Waals surface area contributed by atoms with Gasteiger partial charge in [-0.05, 0) is 37.0 Å². The average molecular weight is 372 g/mol. The maximum absolute atomic E-state index is 11.4. The third kappa shape index (κ3) is 4.38. The van der Waals surface area contributed by atoms with E-state index in [4.69, 9.17) is 17.0 Å². The molecule has 136 valence electrons. The molecular weight excluding hydrogens is 350 g/mol. The van der Waals surface area contributed by atoms with Crippen LogP contribution in [0, 0.1) is 11.3 Å². The Labute approximate surface area is 157 Å². The highest BCUT2D eigenvalue weighted by atomic mass is 35.5. The molecule has 0 saturated carbocycles. The van der Waals surface area contributed by atoms with Gasteiger partial charge in [0.1, 0.15) is 5.15 Å². The van der Waals surface area contributed by atoms with Crippen molar-refractivity contribution in [1.82, 2.24) is 20.2 Å². The topological polar surface area (TPSA) is 82.0 Å². The molecule has 1 fully saturated rings. The molecule has 3 heterocycles. The second kappa shape index (κ2) is 8.27. The number of hydrogen-bond donors (Lipinski definition) is 2. The summed E-state index contributed by atoms with van der Waals surface area (Å²) in [5.41, 5.74) is 3.04. The lowest BCUT2D eigenvalue weighted by Gasteiger charge is -2.31. The molecule has 0 atom stereocenters. The molecule has 1 saturated heterocycles. The number of hydrogen-bond acceptors (Lipinski definition) is 5. The summed E-state index contributed by atoms with van der Waals surface area (Å²) in [7, 11) is 0. The molecule has 0 spiro atoms. The van der Waals surface area contributed by atoms with Gasteiger partial charge in [-0.2, -0.15) is 0 Å². The van der Waals surface area contributed by atoms with Gasteiger partial charge in [-0.25, -0.2) is 4.98 Å². The Hall–Kier alpha value is -2.47. The van der Waals surface area contributed by atoms with Gasteiger partial charge in [0, 0.05) is 56.3 Å². The highest BCUT2D eigenvalue weighted by molar-refractivity contribution is 6.29. The molecule has 0 aromatic carbocycles. The standard InChI is InChI=1S/C19H22ClN5O/c1-13(26)25-6-4-14(5-7-25)10-22-11-16(9-21)15-8-18-17(23-12-15)2-3-19(20)24-18/h2-3,8-9,11-12,14,21-22H,4-7,10H2,1H3/b16-11+,21-9?. The van der Waals surface area contributed by atoms with E-state index in [9.17, 15) is 4.79 Å². The molecule has 3 rings (SSSR count). The molecule has 26 heavy (non-hydrogen) atoms. The van der Waals surface area contributed by atoms with E-state index in [0.29, 0.717) is 16.6 Å². The number of piperidine rings is 1. The lowest BCUT2D eigenvalue weighted by Crippen LogP contribution is -2.39. The van der Waals surface area contributed by atoms with Crippen molar-refractivity contribution in [3.8, 4) is 0 Å². The van der Waals surface area contributed by atoms with Crippen LogP contribution in [0.3, 0.4) is 0 Å². The minimum atomic E-state index is 0.153. The Bertz CT molecular complexity index is 843. The van der Waals surface area contributed by atoms with Crippen LogP contribution in [0.25, 0.3) is 16.6 Å². The molecule has 6 nitrogen and oxygen atoms in total. The Morgan fingerprint density at radius 3 is 2.85 bits per heavy atom. The largest absolute Gasteiger partial charge is 0.390 e. The summed E-state index contributed by atoms with van der Waals surface area (Å²) in [6.45, 7) is 4.10. The number of fused-ring (bicyclic) bond motifs is 1. The summed E-state index contributed by atoms with van der Waals surface area (Å²) in [6.07, 6.45) is 6.89. The molecule has 7 heteroatoms. The third-order valence-electron chi connectivity index (χ3n) is 4.72. The Morgan fingerprint density at radius 1 is 1.38 bits per heavy atom. The normalized spacial score (nSPS) is 15.9. The summed E-state index contributed by atoms with van der Waals surface area (Å²) in [6, 6.07) is 5.43. The van der Waals surface area contributed by atoms with Crippen molar-refractivity contribution in [2.75, 3.05) is 19.6 Å². The first-order valence-electron chi connectivity index (χ1n) is 8.69. The fourth-order valence-corrected chi connectivity index (χ4v) is 3.29. The number of carbonyl (C=O) groups is 1. The molecule has 0 bridgehead atoms. The van der Waals surface area contributed by atoms with E-state index in [2.05, 4.69) is 15.3 Å². The van der Waals surface area contributed by atoms with Crippen LogP contribution < -0.4 is 5.32 Å². The number of aromatic nitrogens is 2. The van der Waals surface area contributed by atoms with Crippen molar-refractivity contribution in [2.24, 2.45) is 5.92 Å². The number of likely N-dealkylation sites (tertiary alicyclic amines) is 1. The maximum atomic E-state index is 11.4. The van der Waals surface area contributed by atoms with Gasteiger partial charge in [0.15, 0.2) is 0 Å². The summed E-state index contributed by atoms with van der Waals surface area (Å²) >= 11 is 5.95. The van der Waals surface area contributed by atoms with Gasteiger partial charge < -0.3 is 15.6 Å². The predicted octanol–water partition coefficient (Wildman–Crippen LogP) is 3.12. The highest BCUT2D eigenvalue weighted by Crippen LogP contribution is 2.19. The van der Waals surface area contributed by atoms with Crippen molar-refractivity contribution in [1.29, 1.82) is 5.41 Å². The average Bonchev–Trinajstić information content (AvgIpc) is 2.65. The summed E-state index contributed by atoms with van der Waals surface area (Å²) in [5, 5.41) is 11.4. The van der Waals surface area contributed by atoms with Gasteiger partial charge in [0.05, 0.1) is 11.0 Å². The molecule has 1 aliphatic rings. The van der Waals surface area contributed by atoms with Crippen molar-refractivity contribution in [3.63, 3.8) is 0 Å². The maximum Gasteiger partial charge on any atom is 0.219 e. The van der Waals surface area contributed by atoms with Crippen LogP contribution in [0.1, 0.15) is 25.3 Å². The fraction of sp³-hybridized carbons (Fsp3) is 0.368. The number of nitrogens with zero attached hydrogens (tertiary/aromatic N) is 3. The van der Waals surface area contributed by atoms with Crippen LogP contribution in [-0.4, -0.2) is 46.6 Å². The number of amides is 1. The molecule has 2 aromatic rings. The SMILES string of the molecule is CC(=O)N1CCC(CN/C=C(\C=N)c2cnc3ccc(Cl)nc3c2)CC1.